The molecule has 6 nitrogen and oxygen atoms in total. The van der Waals surface area contributed by atoms with Gasteiger partial charge in [0.05, 0.1) is 27.7 Å². The number of carbonyl (C=O) groups excluding carboxylic acids is 2. The molecule has 0 rings (SSSR count). The van der Waals surface area contributed by atoms with Crippen molar-refractivity contribution in [3.8, 4) is 0 Å². The molecule has 0 aliphatic carbocycles. The molecule has 0 aromatic heterocycles. The molecule has 4 radical (unpaired) electrons. The predicted molar refractivity (Wildman–Crippen MR) is 113 cm³/mol. The first kappa shape index (κ1) is 33.9. The standard InChI is InChI=1S/C20H41N3O3Si.2V/c1-9-17(18(24)22(4)13-11-15-27-26-8)16-20(2,3)19(25)21-12-10-14-23(5,6)7;;/h17H,9-16H2,1-8H3;;/p+1. The van der Waals surface area contributed by atoms with E-state index in [1.807, 2.05) is 32.7 Å². The Morgan fingerprint density at radius 2 is 1.76 bits per heavy atom. The Balaban J connectivity index is -0.00000338. The Hall–Kier alpha value is 0.246. The molecular formula is C20H42N3O3SiV2+. The molecule has 1 atom stereocenters. The molecule has 0 aromatic rings. The van der Waals surface area contributed by atoms with Crippen molar-refractivity contribution >= 4 is 21.6 Å². The van der Waals surface area contributed by atoms with Crippen LogP contribution in [0.3, 0.4) is 0 Å². The average Bonchev–Trinajstić information content (AvgIpc) is 2.58. The van der Waals surface area contributed by atoms with Crippen LogP contribution in [0.5, 0.6) is 0 Å². The predicted octanol–water partition coefficient (Wildman–Crippen LogP) is 2.17. The van der Waals surface area contributed by atoms with Crippen molar-refractivity contribution in [2.75, 3.05) is 54.9 Å². The van der Waals surface area contributed by atoms with E-state index in [4.69, 9.17) is 4.43 Å². The van der Waals surface area contributed by atoms with Gasteiger partial charge in [-0.1, -0.05) is 20.8 Å². The molecule has 1 N–H and O–H groups in total. The van der Waals surface area contributed by atoms with Crippen LogP contribution in [0.1, 0.15) is 46.5 Å². The van der Waals surface area contributed by atoms with Gasteiger partial charge in [0.25, 0.3) is 0 Å². The summed E-state index contributed by atoms with van der Waals surface area (Å²) in [6.07, 6.45) is 3.22. The molecule has 0 aromatic carbocycles. The van der Waals surface area contributed by atoms with Crippen LogP contribution in [0.15, 0.2) is 0 Å². The average molecular weight is 503 g/mol. The minimum atomic E-state index is -0.550. The van der Waals surface area contributed by atoms with Gasteiger partial charge in [0.2, 0.25) is 21.6 Å². The molecule has 0 fully saturated rings. The minimum absolute atomic E-state index is 0. The Labute approximate surface area is 205 Å². The zero-order chi connectivity index (χ0) is 21.1. The van der Waals surface area contributed by atoms with Gasteiger partial charge in [-0.05, 0) is 25.3 Å². The second kappa shape index (κ2) is 16.9. The summed E-state index contributed by atoms with van der Waals surface area (Å²) in [6, 6.07) is 0.978. The van der Waals surface area contributed by atoms with E-state index < -0.39 is 5.41 Å². The SMILES string of the molecule is CCC(CC(C)(C)C(=O)NCCC[N+](C)(C)C)C(=O)N(C)CCC[Si]OC.[V].[V]. The molecule has 0 heterocycles. The van der Waals surface area contributed by atoms with Gasteiger partial charge in [-0.15, -0.1) is 0 Å². The zero-order valence-corrected chi connectivity index (χ0v) is 23.5. The summed E-state index contributed by atoms with van der Waals surface area (Å²) in [7, 11) is 10.5. The number of rotatable bonds is 14. The number of amides is 2. The number of nitrogens with one attached hydrogen (secondary N) is 1. The van der Waals surface area contributed by atoms with Crippen LogP contribution < -0.4 is 5.32 Å². The molecule has 29 heavy (non-hydrogen) atoms. The maximum atomic E-state index is 12.8. The van der Waals surface area contributed by atoms with Gasteiger partial charge < -0.3 is 19.1 Å². The number of carbonyl (C=O) groups is 2. The van der Waals surface area contributed by atoms with E-state index in [1.165, 1.54) is 0 Å². The van der Waals surface area contributed by atoms with Crippen LogP contribution in [0.4, 0.5) is 0 Å². The molecule has 0 aliphatic heterocycles. The summed E-state index contributed by atoms with van der Waals surface area (Å²) < 4.78 is 5.97. The molecule has 9 heteroatoms. The topological polar surface area (TPSA) is 58.6 Å². The molecular weight excluding hydrogens is 460 g/mol. The third kappa shape index (κ3) is 15.7. The van der Waals surface area contributed by atoms with Gasteiger partial charge in [0.15, 0.2) is 0 Å². The molecule has 0 saturated heterocycles. The van der Waals surface area contributed by atoms with Crippen LogP contribution in [-0.4, -0.2) is 85.9 Å². The molecule has 0 spiro atoms. The smallest absolute Gasteiger partial charge is 0.229 e. The fourth-order valence-electron chi connectivity index (χ4n) is 3.02. The Bertz CT molecular complexity index is 461. The summed E-state index contributed by atoms with van der Waals surface area (Å²) in [5, 5.41) is 3.05. The van der Waals surface area contributed by atoms with Gasteiger partial charge in [0, 0.05) is 82.1 Å². The molecule has 0 bridgehead atoms. The first-order valence-electron chi connectivity index (χ1n) is 10.0. The molecule has 0 saturated carbocycles. The van der Waals surface area contributed by atoms with E-state index in [0.29, 0.717) is 22.7 Å². The summed E-state index contributed by atoms with van der Waals surface area (Å²) >= 11 is 0. The van der Waals surface area contributed by atoms with Crippen molar-refractivity contribution < 1.29 is 55.6 Å². The van der Waals surface area contributed by atoms with Gasteiger partial charge in [0.1, 0.15) is 0 Å². The summed E-state index contributed by atoms with van der Waals surface area (Å²) in [5.74, 6) is 0.0649. The van der Waals surface area contributed by atoms with E-state index >= 15 is 0 Å². The van der Waals surface area contributed by atoms with Gasteiger partial charge in [-0.25, -0.2) is 0 Å². The third-order valence-corrected chi connectivity index (χ3v) is 5.64. The summed E-state index contributed by atoms with van der Waals surface area (Å²) in [5.41, 5.74) is -0.550. The summed E-state index contributed by atoms with van der Waals surface area (Å²) in [4.78, 5) is 27.2. The van der Waals surface area contributed by atoms with Crippen LogP contribution in [0, 0.1) is 11.3 Å². The monoisotopic (exact) mass is 502 g/mol. The number of hydrogen-bond donors (Lipinski definition) is 1. The van der Waals surface area contributed by atoms with Crippen LogP contribution in [0.2, 0.25) is 6.04 Å². The molecule has 2 amide bonds. The fraction of sp³-hybridized carbons (Fsp3) is 0.900. The van der Waals surface area contributed by atoms with E-state index in [-0.39, 0.29) is 54.8 Å². The minimum Gasteiger partial charge on any atom is -0.421 e. The Kier molecular flexibility index (Phi) is 19.7. The second-order valence-corrected chi connectivity index (χ2v) is 10.2. The maximum Gasteiger partial charge on any atom is 0.229 e. The van der Waals surface area contributed by atoms with Crippen molar-refractivity contribution in [2.24, 2.45) is 11.3 Å². The van der Waals surface area contributed by atoms with E-state index in [1.54, 1.807) is 7.11 Å². The van der Waals surface area contributed by atoms with Gasteiger partial charge >= 0.3 is 0 Å². The molecule has 1 unspecified atom stereocenters. The van der Waals surface area contributed by atoms with E-state index in [9.17, 15) is 9.59 Å². The van der Waals surface area contributed by atoms with E-state index in [2.05, 4.69) is 26.5 Å². The van der Waals surface area contributed by atoms with Gasteiger partial charge in [-0.2, -0.15) is 0 Å². The molecule has 168 valence electrons. The van der Waals surface area contributed by atoms with Crippen LogP contribution in [0.25, 0.3) is 0 Å². The summed E-state index contributed by atoms with van der Waals surface area (Å²) in [6.45, 7) is 8.35. The van der Waals surface area contributed by atoms with Crippen molar-refractivity contribution in [3.63, 3.8) is 0 Å². The quantitative estimate of drug-likeness (QED) is 0.225. The van der Waals surface area contributed by atoms with E-state index in [0.717, 1.165) is 42.9 Å². The largest absolute Gasteiger partial charge is 0.421 e. The van der Waals surface area contributed by atoms with Gasteiger partial charge in [-0.3, -0.25) is 9.59 Å². The molecule has 0 aliphatic rings. The third-order valence-electron chi connectivity index (χ3n) is 4.80. The number of quaternary nitrogens is 1. The van der Waals surface area contributed by atoms with Crippen LogP contribution in [-0.2, 0) is 51.1 Å². The van der Waals surface area contributed by atoms with Crippen LogP contribution >= 0.6 is 0 Å². The first-order chi connectivity index (χ1) is 12.4. The number of nitrogens with zero attached hydrogens (tertiary/aromatic N) is 2. The van der Waals surface area contributed by atoms with Crippen molar-refractivity contribution in [1.82, 2.24) is 10.2 Å². The normalized spacial score (nSPS) is 12.4. The Morgan fingerprint density at radius 3 is 2.24 bits per heavy atom. The van der Waals surface area contributed by atoms with Crippen molar-refractivity contribution in [1.29, 1.82) is 0 Å². The number of hydrogen-bond acceptors (Lipinski definition) is 3. The maximum absolute atomic E-state index is 12.8. The zero-order valence-electron chi connectivity index (χ0n) is 19.7. The Morgan fingerprint density at radius 1 is 1.17 bits per heavy atom. The second-order valence-electron chi connectivity index (χ2n) is 9.03. The van der Waals surface area contributed by atoms with Crippen molar-refractivity contribution in [3.05, 3.63) is 0 Å². The van der Waals surface area contributed by atoms with Crippen molar-refractivity contribution in [2.45, 2.75) is 52.5 Å². The fourth-order valence-corrected chi connectivity index (χ4v) is 3.53. The first-order valence-corrected chi connectivity index (χ1v) is 11.2.